The highest BCUT2D eigenvalue weighted by atomic mass is 16.1. The second-order valence-electron chi connectivity index (χ2n) is 10.1. The van der Waals surface area contributed by atoms with Crippen molar-refractivity contribution in [2.45, 2.75) is 71.3 Å². The van der Waals surface area contributed by atoms with Crippen molar-refractivity contribution in [3.05, 3.63) is 29.7 Å². The van der Waals surface area contributed by atoms with Crippen LogP contribution in [0.25, 0.3) is 5.65 Å². The van der Waals surface area contributed by atoms with Crippen molar-refractivity contribution in [1.82, 2.24) is 19.9 Å². The van der Waals surface area contributed by atoms with Crippen molar-refractivity contribution in [2.24, 2.45) is 34.8 Å². The molecule has 6 nitrogen and oxygen atoms in total. The molecule has 2 aromatic rings. The average molecular weight is 410 g/mol. The maximum Gasteiger partial charge on any atom is 0.223 e. The zero-order chi connectivity index (χ0) is 19.6. The van der Waals surface area contributed by atoms with Crippen LogP contribution in [0.15, 0.2) is 18.3 Å². The van der Waals surface area contributed by atoms with Crippen molar-refractivity contribution in [3.8, 4) is 0 Å². The lowest BCUT2D eigenvalue weighted by Crippen LogP contribution is -2.45. The lowest BCUT2D eigenvalue weighted by atomic mass is 9.54. The van der Waals surface area contributed by atoms with E-state index < -0.39 is 0 Å². The molecule has 6 rings (SSSR count). The summed E-state index contributed by atoms with van der Waals surface area (Å²) < 4.78 is 1.86. The van der Waals surface area contributed by atoms with Gasteiger partial charge in [-0.05, 0) is 86.7 Å². The monoisotopic (exact) mass is 409 g/mol. The average Bonchev–Trinajstić information content (AvgIpc) is 3.61. The number of amides is 1. The molecule has 4 aliphatic rings. The summed E-state index contributed by atoms with van der Waals surface area (Å²) in [5.74, 6) is 2.73. The molecule has 2 atom stereocenters. The molecule has 162 valence electrons. The van der Waals surface area contributed by atoms with Gasteiger partial charge in [-0.25, -0.2) is 9.50 Å². The van der Waals surface area contributed by atoms with Gasteiger partial charge >= 0.3 is 0 Å². The van der Waals surface area contributed by atoms with E-state index in [2.05, 4.69) is 5.32 Å². The standard InChI is InChI=1S/C23H31N5O.CH4/c24-21(15-11-23(12-15,16-3-4-16)17-5-6-17)19-13-28-20(26-19)8-7-18(27-28)10-14-2-1-9-25-22(14)29;/h7-8,13-17,21H,1-6,9-12,24H2,(H,25,29);1H4. The van der Waals surface area contributed by atoms with Crippen LogP contribution in [-0.4, -0.2) is 27.0 Å². The van der Waals surface area contributed by atoms with E-state index in [-0.39, 0.29) is 25.3 Å². The molecule has 30 heavy (non-hydrogen) atoms. The minimum absolute atomic E-state index is 0. The molecule has 2 aromatic heterocycles. The summed E-state index contributed by atoms with van der Waals surface area (Å²) in [4.78, 5) is 16.8. The molecule has 4 fully saturated rings. The third kappa shape index (κ3) is 3.33. The van der Waals surface area contributed by atoms with Crippen LogP contribution >= 0.6 is 0 Å². The Morgan fingerprint density at radius 1 is 1.17 bits per heavy atom. The Kier molecular flexibility index (Phi) is 4.88. The van der Waals surface area contributed by atoms with Crippen molar-refractivity contribution < 1.29 is 4.79 Å². The number of aromatic nitrogens is 3. The minimum atomic E-state index is 0. The summed E-state index contributed by atoms with van der Waals surface area (Å²) in [6.07, 6.45) is 13.1. The van der Waals surface area contributed by atoms with Gasteiger partial charge in [0.05, 0.1) is 23.6 Å². The molecule has 1 amide bonds. The van der Waals surface area contributed by atoms with Crippen LogP contribution in [0, 0.1) is 29.1 Å². The molecule has 0 spiro atoms. The Morgan fingerprint density at radius 3 is 2.57 bits per heavy atom. The first kappa shape index (κ1) is 20.0. The summed E-state index contributed by atoms with van der Waals surface area (Å²) in [7, 11) is 0. The first-order valence-electron chi connectivity index (χ1n) is 11.5. The maximum atomic E-state index is 12.1. The summed E-state index contributed by atoms with van der Waals surface area (Å²) >= 11 is 0. The Morgan fingerprint density at radius 2 is 1.90 bits per heavy atom. The summed E-state index contributed by atoms with van der Waals surface area (Å²) in [5, 5.41) is 7.70. The number of rotatable bonds is 6. The first-order chi connectivity index (χ1) is 14.1. The summed E-state index contributed by atoms with van der Waals surface area (Å²) in [5.41, 5.74) is 10.1. The van der Waals surface area contributed by atoms with Gasteiger partial charge in [0.1, 0.15) is 0 Å². The second-order valence-corrected chi connectivity index (χ2v) is 10.1. The third-order valence-electron chi connectivity index (χ3n) is 8.16. The highest BCUT2D eigenvalue weighted by molar-refractivity contribution is 5.79. The molecule has 0 aromatic carbocycles. The number of imidazole rings is 1. The SMILES string of the molecule is C.NC(c1cn2nc(CC3CCCNC3=O)ccc2n1)C1CC(C2CC2)(C2CC2)C1. The van der Waals surface area contributed by atoms with Gasteiger partial charge in [-0.2, -0.15) is 5.10 Å². The van der Waals surface area contributed by atoms with Gasteiger partial charge < -0.3 is 11.1 Å². The number of nitrogens with two attached hydrogens (primary N) is 1. The van der Waals surface area contributed by atoms with Gasteiger partial charge in [0, 0.05) is 18.9 Å². The molecular formula is C24H35N5O. The minimum Gasteiger partial charge on any atom is -0.356 e. The fourth-order valence-corrected chi connectivity index (χ4v) is 6.22. The quantitative estimate of drug-likeness (QED) is 0.763. The normalized spacial score (nSPS) is 27.2. The van der Waals surface area contributed by atoms with Crippen LogP contribution in [0.3, 0.4) is 0 Å². The molecular weight excluding hydrogens is 374 g/mol. The van der Waals surface area contributed by atoms with Crippen LogP contribution in [0.4, 0.5) is 0 Å². The van der Waals surface area contributed by atoms with E-state index in [9.17, 15) is 4.79 Å². The zero-order valence-electron chi connectivity index (χ0n) is 17.0. The predicted octanol–water partition coefficient (Wildman–Crippen LogP) is 3.65. The maximum absolute atomic E-state index is 12.1. The Labute approximate surface area is 179 Å². The lowest BCUT2D eigenvalue weighted by molar-refractivity contribution is -0.126. The number of hydrogen-bond acceptors (Lipinski definition) is 4. The molecule has 3 aliphatic carbocycles. The Balaban J connectivity index is 0.00000193. The van der Waals surface area contributed by atoms with Crippen LogP contribution in [-0.2, 0) is 11.2 Å². The van der Waals surface area contributed by atoms with E-state index in [4.69, 9.17) is 15.8 Å². The van der Waals surface area contributed by atoms with Gasteiger partial charge in [-0.1, -0.05) is 7.43 Å². The molecule has 1 saturated heterocycles. The number of nitrogens with one attached hydrogen (secondary N) is 1. The van der Waals surface area contributed by atoms with Crippen LogP contribution < -0.4 is 11.1 Å². The molecule has 3 N–H and O–H groups in total. The van der Waals surface area contributed by atoms with Crippen molar-refractivity contribution in [3.63, 3.8) is 0 Å². The third-order valence-corrected chi connectivity index (χ3v) is 8.16. The number of nitrogens with zero attached hydrogens (tertiary/aromatic N) is 3. The fraction of sp³-hybridized carbons (Fsp3) is 0.708. The van der Waals surface area contributed by atoms with Crippen molar-refractivity contribution in [2.75, 3.05) is 6.54 Å². The molecule has 1 aliphatic heterocycles. The fourth-order valence-electron chi connectivity index (χ4n) is 6.22. The Hall–Kier alpha value is -1.95. The number of hydrogen-bond donors (Lipinski definition) is 2. The largest absolute Gasteiger partial charge is 0.356 e. The van der Waals surface area contributed by atoms with E-state index in [0.29, 0.717) is 17.8 Å². The van der Waals surface area contributed by atoms with E-state index in [1.165, 1.54) is 38.5 Å². The van der Waals surface area contributed by atoms with E-state index in [1.807, 2.05) is 22.8 Å². The van der Waals surface area contributed by atoms with Crippen LogP contribution in [0.1, 0.15) is 76.2 Å². The molecule has 6 heteroatoms. The number of carbonyl (C=O) groups excluding carboxylic acids is 1. The van der Waals surface area contributed by atoms with Gasteiger partial charge in [-0.15, -0.1) is 0 Å². The van der Waals surface area contributed by atoms with E-state index in [1.54, 1.807) is 0 Å². The topological polar surface area (TPSA) is 85.3 Å². The number of fused-ring (bicyclic) bond motifs is 1. The van der Waals surface area contributed by atoms with E-state index in [0.717, 1.165) is 48.3 Å². The lowest BCUT2D eigenvalue weighted by Gasteiger charge is -2.51. The molecule has 3 heterocycles. The molecule has 0 bridgehead atoms. The van der Waals surface area contributed by atoms with E-state index >= 15 is 0 Å². The molecule has 0 radical (unpaired) electrons. The second kappa shape index (κ2) is 7.33. The molecule has 3 saturated carbocycles. The zero-order valence-corrected chi connectivity index (χ0v) is 17.0. The van der Waals surface area contributed by atoms with Crippen molar-refractivity contribution in [1.29, 1.82) is 0 Å². The number of carbonyl (C=O) groups is 1. The van der Waals surface area contributed by atoms with Gasteiger partial charge in [0.25, 0.3) is 0 Å². The summed E-state index contributed by atoms with van der Waals surface area (Å²) in [6, 6.07) is 4.03. The smallest absolute Gasteiger partial charge is 0.223 e. The summed E-state index contributed by atoms with van der Waals surface area (Å²) in [6.45, 7) is 0.800. The van der Waals surface area contributed by atoms with Gasteiger partial charge in [-0.3, -0.25) is 4.79 Å². The Bertz CT molecular complexity index is 924. The van der Waals surface area contributed by atoms with Gasteiger partial charge in [0.15, 0.2) is 5.65 Å². The predicted molar refractivity (Wildman–Crippen MR) is 117 cm³/mol. The van der Waals surface area contributed by atoms with Crippen LogP contribution in [0.5, 0.6) is 0 Å². The molecule has 2 unspecified atom stereocenters. The van der Waals surface area contributed by atoms with Crippen LogP contribution in [0.2, 0.25) is 0 Å². The first-order valence-corrected chi connectivity index (χ1v) is 11.5. The highest BCUT2D eigenvalue weighted by Gasteiger charge is 2.61. The van der Waals surface area contributed by atoms with Gasteiger partial charge in [0.2, 0.25) is 5.91 Å². The highest BCUT2D eigenvalue weighted by Crippen LogP contribution is 2.69. The number of piperidine rings is 1. The van der Waals surface area contributed by atoms with Crippen molar-refractivity contribution >= 4 is 11.6 Å².